The van der Waals surface area contributed by atoms with Crippen LogP contribution < -0.4 is 15.4 Å². The summed E-state index contributed by atoms with van der Waals surface area (Å²) in [5, 5.41) is 6.51. The molecule has 1 fully saturated rings. The minimum Gasteiger partial charge on any atom is -0.363 e. The number of hydrogen-bond donors (Lipinski definition) is 3. The van der Waals surface area contributed by atoms with Gasteiger partial charge >= 0.3 is 0 Å². The molecule has 0 saturated carbocycles. The van der Waals surface area contributed by atoms with Crippen molar-refractivity contribution in [2.75, 3.05) is 37.3 Å². The van der Waals surface area contributed by atoms with Gasteiger partial charge in [0.15, 0.2) is 5.82 Å². The molecule has 11 heteroatoms. The van der Waals surface area contributed by atoms with Crippen LogP contribution in [-0.4, -0.2) is 50.0 Å². The number of nitrogens with one attached hydrogen (secondary N) is 3. The van der Waals surface area contributed by atoms with E-state index in [0.717, 1.165) is 25.3 Å². The van der Waals surface area contributed by atoms with Gasteiger partial charge in [0, 0.05) is 18.8 Å². The quantitative estimate of drug-likeness (QED) is 0.447. The molecule has 0 radical (unpaired) electrons. The molecule has 9 nitrogen and oxygen atoms in total. The highest BCUT2D eigenvalue weighted by Crippen LogP contribution is 2.44. The molecule has 3 aromatic rings. The molecule has 34 heavy (non-hydrogen) atoms. The highest BCUT2D eigenvalue weighted by Gasteiger charge is 2.38. The van der Waals surface area contributed by atoms with Crippen LogP contribution in [0.5, 0.6) is 0 Å². The predicted octanol–water partition coefficient (Wildman–Crippen LogP) is 3.97. The van der Waals surface area contributed by atoms with Crippen molar-refractivity contribution in [3.63, 3.8) is 0 Å². The maximum atomic E-state index is 12.4. The van der Waals surface area contributed by atoms with Crippen molar-refractivity contribution < 1.29 is 13.2 Å². The first kappa shape index (κ1) is 23.0. The number of sulfonamides is 1. The molecule has 1 saturated heterocycles. The third-order valence-corrected chi connectivity index (χ3v) is 7.85. The van der Waals surface area contributed by atoms with E-state index in [2.05, 4.69) is 49.3 Å². The highest BCUT2D eigenvalue weighted by molar-refractivity contribution is 7.89. The topological polar surface area (TPSA) is 108 Å². The van der Waals surface area contributed by atoms with E-state index >= 15 is 0 Å². The van der Waals surface area contributed by atoms with Crippen LogP contribution in [0.1, 0.15) is 30.3 Å². The van der Waals surface area contributed by atoms with Crippen molar-refractivity contribution in [1.82, 2.24) is 19.6 Å². The summed E-state index contributed by atoms with van der Waals surface area (Å²) in [7, 11) is -2.31. The summed E-state index contributed by atoms with van der Waals surface area (Å²) in [6.07, 6.45) is 1.64. The van der Waals surface area contributed by atoms with Crippen LogP contribution in [0.2, 0.25) is 5.02 Å². The van der Waals surface area contributed by atoms with E-state index in [1.165, 1.54) is 30.4 Å². The minimum absolute atomic E-state index is 0.0597. The molecule has 2 aromatic carbocycles. The third-order valence-electron chi connectivity index (χ3n) is 6.10. The molecule has 2 unspecified atom stereocenters. The molecule has 2 atom stereocenters. The van der Waals surface area contributed by atoms with Crippen molar-refractivity contribution in [1.29, 1.82) is 0 Å². The number of anilines is 4. The number of fused-ring (bicyclic) bond motifs is 5. The molecular weight excluding hydrogens is 476 g/mol. The largest absolute Gasteiger partial charge is 0.363 e. The summed E-state index contributed by atoms with van der Waals surface area (Å²) < 4.78 is 33.2. The monoisotopic (exact) mass is 500 g/mol. The van der Waals surface area contributed by atoms with Gasteiger partial charge in [-0.05, 0) is 49.0 Å². The molecule has 178 valence electrons. The van der Waals surface area contributed by atoms with E-state index in [4.69, 9.17) is 16.3 Å². The van der Waals surface area contributed by atoms with Gasteiger partial charge in [-0.2, -0.15) is 4.98 Å². The zero-order valence-electron chi connectivity index (χ0n) is 18.7. The van der Waals surface area contributed by atoms with Crippen molar-refractivity contribution in [3.8, 4) is 0 Å². The second kappa shape index (κ2) is 9.12. The Balaban J connectivity index is 1.40. The van der Waals surface area contributed by atoms with Gasteiger partial charge in [-0.3, -0.25) is 4.90 Å². The summed E-state index contributed by atoms with van der Waals surface area (Å²) in [5.41, 5.74) is 3.60. The van der Waals surface area contributed by atoms with Crippen LogP contribution in [-0.2, 0) is 14.8 Å². The van der Waals surface area contributed by atoms with E-state index in [0.29, 0.717) is 11.6 Å². The lowest BCUT2D eigenvalue weighted by molar-refractivity contribution is -0.0661. The Bertz CT molecular complexity index is 1340. The normalized spacial score (nSPS) is 19.6. The number of benzene rings is 2. The average Bonchev–Trinajstić information content (AvgIpc) is 3.10. The van der Waals surface area contributed by atoms with E-state index in [-0.39, 0.29) is 27.9 Å². The number of morpholine rings is 1. The summed E-state index contributed by atoms with van der Waals surface area (Å²) in [6.45, 7) is 4.96. The molecule has 0 aliphatic carbocycles. The lowest BCUT2D eigenvalue weighted by atomic mass is 10.0. The van der Waals surface area contributed by atoms with Crippen LogP contribution >= 0.6 is 11.6 Å². The smallest absolute Gasteiger partial charge is 0.242 e. The molecule has 2 aliphatic heterocycles. The van der Waals surface area contributed by atoms with Gasteiger partial charge in [0.1, 0.15) is 9.92 Å². The molecular formula is C23H25ClN6O3S. The predicted molar refractivity (Wildman–Crippen MR) is 131 cm³/mol. The van der Waals surface area contributed by atoms with Crippen molar-refractivity contribution in [3.05, 3.63) is 64.8 Å². The summed E-state index contributed by atoms with van der Waals surface area (Å²) in [4.78, 5) is 11.3. The van der Waals surface area contributed by atoms with E-state index in [9.17, 15) is 8.42 Å². The van der Waals surface area contributed by atoms with E-state index in [1.54, 1.807) is 18.2 Å². The van der Waals surface area contributed by atoms with Gasteiger partial charge in [-0.1, -0.05) is 36.7 Å². The van der Waals surface area contributed by atoms with Gasteiger partial charge < -0.3 is 15.4 Å². The number of nitrogens with zero attached hydrogens (tertiary/aromatic N) is 3. The van der Waals surface area contributed by atoms with E-state index < -0.39 is 10.0 Å². The molecule has 0 amide bonds. The van der Waals surface area contributed by atoms with Crippen molar-refractivity contribution in [2.45, 2.75) is 24.0 Å². The number of likely N-dealkylation sites (N-methyl/N-ethyl adjacent to an activating group) is 1. The van der Waals surface area contributed by atoms with Gasteiger partial charge in [0.2, 0.25) is 16.0 Å². The number of aromatic nitrogens is 2. The lowest BCUT2D eigenvalue weighted by Gasteiger charge is -2.31. The zero-order valence-corrected chi connectivity index (χ0v) is 20.3. The van der Waals surface area contributed by atoms with Crippen LogP contribution in [0.3, 0.4) is 0 Å². The van der Waals surface area contributed by atoms with Crippen molar-refractivity contribution >= 4 is 44.8 Å². The second-order valence-corrected chi connectivity index (χ2v) is 10.4. The lowest BCUT2D eigenvalue weighted by Crippen LogP contribution is -2.35. The number of rotatable bonds is 7. The van der Waals surface area contributed by atoms with Gasteiger partial charge in [0.25, 0.3) is 0 Å². The highest BCUT2D eigenvalue weighted by atomic mass is 35.5. The fraction of sp³-hybridized carbons (Fsp3) is 0.304. The van der Waals surface area contributed by atoms with Crippen LogP contribution in [0, 0.1) is 0 Å². The van der Waals surface area contributed by atoms with Crippen LogP contribution in [0.15, 0.2) is 53.6 Å². The van der Waals surface area contributed by atoms with Crippen molar-refractivity contribution in [2.24, 2.45) is 0 Å². The first-order valence-electron chi connectivity index (χ1n) is 11.0. The number of hydrogen-bond acceptors (Lipinski definition) is 8. The fourth-order valence-corrected chi connectivity index (χ4v) is 5.36. The molecule has 2 bridgehead atoms. The molecule has 3 heterocycles. The van der Waals surface area contributed by atoms with Gasteiger partial charge in [-0.15, -0.1) is 0 Å². The Morgan fingerprint density at radius 1 is 1.12 bits per heavy atom. The van der Waals surface area contributed by atoms with Gasteiger partial charge in [-0.25, -0.2) is 18.1 Å². The first-order valence-corrected chi connectivity index (χ1v) is 12.8. The Morgan fingerprint density at radius 2 is 1.88 bits per heavy atom. The first-order chi connectivity index (χ1) is 16.4. The Labute approximate surface area is 203 Å². The summed E-state index contributed by atoms with van der Waals surface area (Å²) >= 11 is 6.31. The van der Waals surface area contributed by atoms with Crippen LogP contribution in [0.25, 0.3) is 0 Å². The average molecular weight is 501 g/mol. The fourth-order valence-electron chi connectivity index (χ4n) is 4.34. The maximum Gasteiger partial charge on any atom is 0.242 e. The third kappa shape index (κ3) is 4.35. The second-order valence-electron chi connectivity index (χ2n) is 8.15. The SMILES string of the molecule is CCN1CC2OC(C1)c1cc(Nc3ncc(Cl)c(Nc4ccccc4S(=O)(=O)NC)n3)ccc12. The maximum absolute atomic E-state index is 12.4. The Morgan fingerprint density at radius 3 is 2.65 bits per heavy atom. The number of halogens is 1. The molecule has 5 rings (SSSR count). The van der Waals surface area contributed by atoms with E-state index in [1.807, 2.05) is 6.07 Å². The standard InChI is InChI=1S/C23H25ClN6O3S/c1-3-30-12-19-15-9-8-14(10-16(15)20(13-30)33-19)27-23-26-11-17(24)22(29-23)28-18-6-4-5-7-21(18)34(31,32)25-2/h4-11,19-20,25H,3,12-13H2,1-2H3,(H2,26,27,28,29). The molecule has 2 aliphatic rings. The summed E-state index contributed by atoms with van der Waals surface area (Å²) in [6, 6.07) is 12.7. The zero-order chi connectivity index (χ0) is 23.9. The van der Waals surface area contributed by atoms with Crippen LogP contribution in [0.4, 0.5) is 23.1 Å². The van der Waals surface area contributed by atoms with Gasteiger partial charge in [0.05, 0.1) is 24.1 Å². The number of para-hydroxylation sites is 1. The Hall–Kier alpha value is -2.76. The minimum atomic E-state index is -3.67. The molecule has 1 aromatic heterocycles. The number of ether oxygens (including phenoxy) is 1. The molecule has 3 N–H and O–H groups in total. The molecule has 0 spiro atoms. The summed E-state index contributed by atoms with van der Waals surface area (Å²) in [5.74, 6) is 0.620. The Kier molecular flexibility index (Phi) is 6.17.